The Morgan fingerprint density at radius 3 is 2.92 bits per heavy atom. The summed E-state index contributed by atoms with van der Waals surface area (Å²) < 4.78 is 0. The van der Waals surface area contributed by atoms with E-state index in [9.17, 15) is 4.79 Å². The van der Waals surface area contributed by atoms with Crippen molar-refractivity contribution in [3.05, 3.63) is 16.0 Å². The van der Waals surface area contributed by atoms with Crippen molar-refractivity contribution in [2.45, 2.75) is 5.03 Å². The van der Waals surface area contributed by atoms with E-state index in [1.165, 1.54) is 11.8 Å². The summed E-state index contributed by atoms with van der Waals surface area (Å²) in [4.78, 5) is 16.6. The number of nitrogens with two attached hydrogens (primary N) is 1. The maximum atomic E-state index is 10.8. The zero-order valence-corrected chi connectivity index (χ0v) is 7.10. The first kappa shape index (κ1) is 8.62. The zero-order chi connectivity index (χ0) is 9.14. The topological polar surface area (TPSA) is 95.6 Å². The number of nitrogen functional groups attached to an aromatic ring is 1. The molecule has 0 aromatic carbocycles. The molecule has 0 amide bonds. The monoisotopic (exact) mass is 182 g/mol. The van der Waals surface area contributed by atoms with E-state index in [4.69, 9.17) is 11.0 Å². The van der Waals surface area contributed by atoms with Crippen LogP contribution in [0, 0.1) is 11.3 Å². The SMILES string of the molecule is CSc1nc(=O)[nH]c(N)c1C#N. The molecule has 1 heterocycles. The maximum Gasteiger partial charge on any atom is 0.347 e. The Morgan fingerprint density at radius 1 is 1.75 bits per heavy atom. The summed E-state index contributed by atoms with van der Waals surface area (Å²) in [6.45, 7) is 0. The molecule has 1 aromatic heterocycles. The first-order valence-electron chi connectivity index (χ1n) is 3.03. The molecule has 12 heavy (non-hydrogen) atoms. The molecule has 0 spiro atoms. The molecule has 0 saturated carbocycles. The van der Waals surface area contributed by atoms with Gasteiger partial charge in [-0.15, -0.1) is 11.8 Å². The summed E-state index contributed by atoms with van der Waals surface area (Å²) in [5, 5.41) is 8.98. The lowest BCUT2D eigenvalue weighted by molar-refractivity contribution is 0.976. The second-order valence-corrected chi connectivity index (χ2v) is 2.75. The normalized spacial score (nSPS) is 9.33. The number of hydrogen-bond acceptors (Lipinski definition) is 5. The molecule has 0 fully saturated rings. The number of thioether (sulfide) groups is 1. The van der Waals surface area contributed by atoms with E-state index in [1.54, 1.807) is 6.26 Å². The molecule has 0 saturated heterocycles. The molecule has 0 aliphatic rings. The summed E-state index contributed by atoms with van der Waals surface area (Å²) in [7, 11) is 0. The van der Waals surface area contributed by atoms with E-state index in [0.29, 0.717) is 5.03 Å². The number of nitriles is 1. The quantitative estimate of drug-likeness (QED) is 0.468. The first-order valence-corrected chi connectivity index (χ1v) is 4.25. The van der Waals surface area contributed by atoms with Crippen LogP contribution in [0.2, 0.25) is 0 Å². The van der Waals surface area contributed by atoms with Gasteiger partial charge in [-0.05, 0) is 6.26 Å². The van der Waals surface area contributed by atoms with Gasteiger partial charge in [-0.3, -0.25) is 4.98 Å². The Hall–Kier alpha value is -1.48. The molecule has 1 rings (SSSR count). The molecule has 0 unspecified atom stereocenters. The molecule has 0 bridgehead atoms. The van der Waals surface area contributed by atoms with Gasteiger partial charge in [0.05, 0.1) is 0 Å². The molecule has 1 aromatic rings. The molecular formula is C6H6N4OS. The number of aromatic nitrogens is 2. The van der Waals surface area contributed by atoms with E-state index >= 15 is 0 Å². The van der Waals surface area contributed by atoms with Gasteiger partial charge >= 0.3 is 5.69 Å². The number of nitrogens with zero attached hydrogens (tertiary/aromatic N) is 2. The van der Waals surface area contributed by atoms with E-state index in [0.717, 1.165) is 0 Å². The Morgan fingerprint density at radius 2 is 2.42 bits per heavy atom. The highest BCUT2D eigenvalue weighted by Crippen LogP contribution is 2.17. The van der Waals surface area contributed by atoms with Crippen LogP contribution in [0.1, 0.15) is 5.56 Å². The highest BCUT2D eigenvalue weighted by Gasteiger charge is 2.07. The average Bonchev–Trinajstić information content (AvgIpc) is 2.03. The standard InChI is InChI=1S/C6H6N4OS/c1-12-5-3(2-7)4(8)9-6(11)10-5/h1H3,(H3,8,9,10,11). The minimum atomic E-state index is -0.532. The van der Waals surface area contributed by atoms with Crippen molar-refractivity contribution in [3.8, 4) is 6.07 Å². The molecule has 3 N–H and O–H groups in total. The van der Waals surface area contributed by atoms with Gasteiger partial charge < -0.3 is 5.73 Å². The van der Waals surface area contributed by atoms with Crippen molar-refractivity contribution in [3.63, 3.8) is 0 Å². The molecule has 62 valence electrons. The van der Waals surface area contributed by atoms with Crippen molar-refractivity contribution >= 4 is 17.6 Å². The lowest BCUT2D eigenvalue weighted by Gasteiger charge is -1.99. The van der Waals surface area contributed by atoms with Crippen molar-refractivity contribution in [1.29, 1.82) is 5.26 Å². The van der Waals surface area contributed by atoms with Crippen LogP contribution in [-0.2, 0) is 0 Å². The van der Waals surface area contributed by atoms with E-state index < -0.39 is 5.69 Å². The first-order chi connectivity index (χ1) is 5.69. The highest BCUT2D eigenvalue weighted by atomic mass is 32.2. The summed E-state index contributed by atoms with van der Waals surface area (Å²) in [6, 6.07) is 1.86. The van der Waals surface area contributed by atoms with Crippen LogP contribution in [0.15, 0.2) is 9.82 Å². The van der Waals surface area contributed by atoms with Crippen molar-refractivity contribution in [1.82, 2.24) is 9.97 Å². The molecule has 0 radical (unpaired) electrons. The lowest BCUT2D eigenvalue weighted by atomic mass is 10.3. The molecule has 6 heteroatoms. The Labute approximate surface area is 72.6 Å². The highest BCUT2D eigenvalue weighted by molar-refractivity contribution is 7.98. The predicted molar refractivity (Wildman–Crippen MR) is 45.8 cm³/mol. The maximum absolute atomic E-state index is 10.8. The smallest absolute Gasteiger partial charge is 0.347 e. The fourth-order valence-corrected chi connectivity index (χ4v) is 1.26. The average molecular weight is 182 g/mol. The van der Waals surface area contributed by atoms with Crippen LogP contribution in [-0.4, -0.2) is 16.2 Å². The summed E-state index contributed by atoms with van der Waals surface area (Å²) in [5.74, 6) is 0.0712. The van der Waals surface area contributed by atoms with Crippen LogP contribution < -0.4 is 11.4 Å². The molecule has 0 aliphatic heterocycles. The van der Waals surface area contributed by atoms with Gasteiger partial charge in [0.15, 0.2) is 0 Å². The number of H-pyrrole nitrogens is 1. The molecule has 0 atom stereocenters. The van der Waals surface area contributed by atoms with Gasteiger partial charge in [-0.2, -0.15) is 10.2 Å². The third-order valence-electron chi connectivity index (χ3n) is 1.23. The number of hydrogen-bond donors (Lipinski definition) is 2. The Bertz CT molecular complexity index is 392. The summed E-state index contributed by atoms with van der Waals surface area (Å²) in [5.41, 5.74) is 5.07. The molecule has 5 nitrogen and oxygen atoms in total. The Balaban J connectivity index is 3.47. The lowest BCUT2D eigenvalue weighted by Crippen LogP contribution is -2.15. The van der Waals surface area contributed by atoms with Gasteiger partial charge in [-0.1, -0.05) is 0 Å². The largest absolute Gasteiger partial charge is 0.384 e. The molecule has 0 aliphatic carbocycles. The number of rotatable bonds is 1. The number of aromatic amines is 1. The predicted octanol–water partition coefficient (Wildman–Crippen LogP) is -0.0543. The number of nitrogens with one attached hydrogen (secondary N) is 1. The second kappa shape index (κ2) is 3.28. The number of anilines is 1. The second-order valence-electron chi connectivity index (χ2n) is 1.95. The fourth-order valence-electron chi connectivity index (χ4n) is 0.725. The van der Waals surface area contributed by atoms with Crippen LogP contribution in [0.3, 0.4) is 0 Å². The van der Waals surface area contributed by atoms with E-state index in [1.807, 2.05) is 6.07 Å². The summed E-state index contributed by atoms with van der Waals surface area (Å²) in [6.07, 6.45) is 1.72. The summed E-state index contributed by atoms with van der Waals surface area (Å²) >= 11 is 1.21. The minimum Gasteiger partial charge on any atom is -0.384 e. The van der Waals surface area contributed by atoms with Crippen molar-refractivity contribution in [2.75, 3.05) is 12.0 Å². The van der Waals surface area contributed by atoms with Gasteiger partial charge in [0, 0.05) is 0 Å². The van der Waals surface area contributed by atoms with Gasteiger partial charge in [0.2, 0.25) is 0 Å². The van der Waals surface area contributed by atoms with Crippen molar-refractivity contribution in [2.24, 2.45) is 0 Å². The van der Waals surface area contributed by atoms with E-state index in [2.05, 4.69) is 9.97 Å². The minimum absolute atomic E-state index is 0.0712. The van der Waals surface area contributed by atoms with Gasteiger partial charge in [0.25, 0.3) is 0 Å². The molecular weight excluding hydrogens is 176 g/mol. The van der Waals surface area contributed by atoms with Crippen molar-refractivity contribution < 1.29 is 0 Å². The third-order valence-corrected chi connectivity index (χ3v) is 1.92. The van der Waals surface area contributed by atoms with Crippen LogP contribution in [0.4, 0.5) is 5.82 Å². The third kappa shape index (κ3) is 1.40. The van der Waals surface area contributed by atoms with E-state index in [-0.39, 0.29) is 11.4 Å². The zero-order valence-electron chi connectivity index (χ0n) is 6.29. The van der Waals surface area contributed by atoms with Crippen LogP contribution in [0.25, 0.3) is 0 Å². The fraction of sp³-hybridized carbons (Fsp3) is 0.167. The van der Waals surface area contributed by atoms with Gasteiger partial charge in [0.1, 0.15) is 22.5 Å². The van der Waals surface area contributed by atoms with Gasteiger partial charge in [-0.25, -0.2) is 4.79 Å². The Kier molecular flexibility index (Phi) is 2.35. The van der Waals surface area contributed by atoms with Crippen LogP contribution in [0.5, 0.6) is 0 Å². The van der Waals surface area contributed by atoms with Crippen LogP contribution >= 0.6 is 11.8 Å².